The van der Waals surface area contributed by atoms with Gasteiger partial charge in [0, 0.05) is 16.1 Å². The summed E-state index contributed by atoms with van der Waals surface area (Å²) in [6, 6.07) is 5.19. The summed E-state index contributed by atoms with van der Waals surface area (Å²) in [6.07, 6.45) is 0.0324. The predicted molar refractivity (Wildman–Crippen MR) is 79.5 cm³/mol. The highest BCUT2D eigenvalue weighted by Gasteiger charge is 2.40. The van der Waals surface area contributed by atoms with E-state index < -0.39 is 11.9 Å². The maximum atomic E-state index is 11.5. The highest BCUT2D eigenvalue weighted by molar-refractivity contribution is 9.10. The van der Waals surface area contributed by atoms with Crippen molar-refractivity contribution in [2.75, 3.05) is 0 Å². The van der Waals surface area contributed by atoms with E-state index in [1.165, 1.54) is 0 Å². The highest BCUT2D eigenvalue weighted by atomic mass is 79.9. The Kier molecular flexibility index (Phi) is 4.67. The average molecular weight is 343 g/mol. The van der Waals surface area contributed by atoms with Crippen molar-refractivity contribution in [1.82, 2.24) is 10.9 Å². The van der Waals surface area contributed by atoms with Crippen molar-refractivity contribution >= 4 is 21.9 Å². The van der Waals surface area contributed by atoms with Gasteiger partial charge in [-0.05, 0) is 39.0 Å². The summed E-state index contributed by atoms with van der Waals surface area (Å²) in [5.41, 5.74) is 6.91. The molecule has 1 saturated heterocycles. The first-order valence-corrected chi connectivity index (χ1v) is 7.39. The van der Waals surface area contributed by atoms with Crippen LogP contribution in [0.2, 0.25) is 0 Å². The van der Waals surface area contributed by atoms with E-state index in [9.17, 15) is 9.90 Å². The van der Waals surface area contributed by atoms with Gasteiger partial charge < -0.3 is 9.84 Å². The molecule has 3 atom stereocenters. The van der Waals surface area contributed by atoms with Crippen LogP contribution in [0.15, 0.2) is 22.7 Å². The number of nitrogens with one attached hydrogen (secondary N) is 2. The molecule has 2 rings (SSSR count). The average Bonchev–Trinajstić information content (AvgIpc) is 2.73. The fourth-order valence-electron chi connectivity index (χ4n) is 2.44. The van der Waals surface area contributed by atoms with E-state index in [4.69, 9.17) is 4.74 Å². The third-order valence-corrected chi connectivity index (χ3v) is 3.81. The van der Waals surface area contributed by atoms with Gasteiger partial charge in [0.1, 0.15) is 5.75 Å². The van der Waals surface area contributed by atoms with E-state index >= 15 is 0 Å². The molecule has 0 amide bonds. The van der Waals surface area contributed by atoms with Gasteiger partial charge in [0.2, 0.25) is 0 Å². The molecule has 0 aliphatic carbocycles. The first-order chi connectivity index (χ1) is 9.40. The van der Waals surface area contributed by atoms with Crippen molar-refractivity contribution < 1.29 is 14.6 Å². The van der Waals surface area contributed by atoms with Crippen LogP contribution in [0.5, 0.6) is 5.75 Å². The van der Waals surface area contributed by atoms with Crippen molar-refractivity contribution in [2.45, 2.75) is 39.0 Å². The molecule has 3 unspecified atom stereocenters. The first-order valence-electron chi connectivity index (χ1n) is 6.60. The minimum atomic E-state index is -0.824. The molecule has 0 radical (unpaired) electrons. The molecule has 1 aromatic carbocycles. The molecule has 1 aliphatic heterocycles. The van der Waals surface area contributed by atoms with Crippen LogP contribution in [0.25, 0.3) is 0 Å². The summed E-state index contributed by atoms with van der Waals surface area (Å²) in [5.74, 6) is -0.655. The van der Waals surface area contributed by atoms with E-state index in [0.717, 1.165) is 10.0 Å². The standard InChI is InChI=1S/C14H19BrN2O3/c1-7(2)20-11-5-4-9(15)6-10(11)13-12(14(18)19)8(3)16-17-13/h4-8,12-13,16-17H,1-3H3,(H,18,19). The van der Waals surface area contributed by atoms with Crippen LogP contribution in [-0.4, -0.2) is 23.2 Å². The van der Waals surface area contributed by atoms with E-state index in [0.29, 0.717) is 5.75 Å². The molecule has 1 fully saturated rings. The molecule has 0 aromatic heterocycles. The summed E-state index contributed by atoms with van der Waals surface area (Å²) < 4.78 is 6.69. The maximum Gasteiger partial charge on any atom is 0.310 e. The summed E-state index contributed by atoms with van der Waals surface area (Å²) in [6.45, 7) is 5.75. The number of hydrogen-bond acceptors (Lipinski definition) is 4. The summed E-state index contributed by atoms with van der Waals surface area (Å²) in [7, 11) is 0. The minimum absolute atomic E-state index is 0.0324. The SMILES string of the molecule is CC(C)Oc1ccc(Br)cc1C1NNC(C)C1C(=O)O. The van der Waals surface area contributed by atoms with E-state index in [1.54, 1.807) is 0 Å². The van der Waals surface area contributed by atoms with E-state index in [1.807, 2.05) is 39.0 Å². The van der Waals surface area contributed by atoms with Crippen molar-refractivity contribution in [3.05, 3.63) is 28.2 Å². The Balaban J connectivity index is 2.40. The number of carboxylic acids is 1. The van der Waals surface area contributed by atoms with Gasteiger partial charge in [-0.15, -0.1) is 0 Å². The quantitative estimate of drug-likeness (QED) is 0.784. The number of hydrazine groups is 1. The first kappa shape index (κ1) is 15.3. The molecule has 5 nitrogen and oxygen atoms in total. The lowest BCUT2D eigenvalue weighted by molar-refractivity contribution is -0.142. The molecule has 6 heteroatoms. The lowest BCUT2D eigenvalue weighted by Crippen LogP contribution is -2.30. The fraction of sp³-hybridized carbons (Fsp3) is 0.500. The van der Waals surface area contributed by atoms with Gasteiger partial charge in [-0.3, -0.25) is 10.2 Å². The topological polar surface area (TPSA) is 70.6 Å². The number of ether oxygens (including phenoxy) is 1. The molecule has 0 spiro atoms. The van der Waals surface area contributed by atoms with Crippen molar-refractivity contribution in [3.63, 3.8) is 0 Å². The largest absolute Gasteiger partial charge is 0.491 e. The third-order valence-electron chi connectivity index (χ3n) is 3.32. The number of rotatable bonds is 4. The molecule has 0 saturated carbocycles. The van der Waals surface area contributed by atoms with Crippen molar-refractivity contribution in [1.29, 1.82) is 0 Å². The Labute approximate surface area is 126 Å². The van der Waals surface area contributed by atoms with Gasteiger partial charge in [0.05, 0.1) is 18.1 Å². The molecule has 110 valence electrons. The number of carboxylic acid groups (broad SMARTS) is 1. The van der Waals surface area contributed by atoms with E-state index in [-0.39, 0.29) is 18.2 Å². The van der Waals surface area contributed by atoms with Gasteiger partial charge in [0.25, 0.3) is 0 Å². The second-order valence-electron chi connectivity index (χ2n) is 5.27. The second-order valence-corrected chi connectivity index (χ2v) is 6.18. The Hall–Kier alpha value is -1.11. The predicted octanol–water partition coefficient (Wildman–Crippen LogP) is 2.47. The fourth-order valence-corrected chi connectivity index (χ4v) is 2.82. The van der Waals surface area contributed by atoms with Crippen LogP contribution in [0.1, 0.15) is 32.4 Å². The van der Waals surface area contributed by atoms with Crippen LogP contribution in [-0.2, 0) is 4.79 Å². The Morgan fingerprint density at radius 3 is 2.70 bits per heavy atom. The minimum Gasteiger partial charge on any atom is -0.491 e. The van der Waals surface area contributed by atoms with Gasteiger partial charge in [-0.1, -0.05) is 15.9 Å². The van der Waals surface area contributed by atoms with Crippen LogP contribution in [0, 0.1) is 5.92 Å². The van der Waals surface area contributed by atoms with Gasteiger partial charge in [-0.25, -0.2) is 5.43 Å². The van der Waals surface area contributed by atoms with Gasteiger partial charge in [0.15, 0.2) is 0 Å². The Morgan fingerprint density at radius 2 is 2.10 bits per heavy atom. The summed E-state index contributed by atoms with van der Waals surface area (Å²) in [4.78, 5) is 11.5. The van der Waals surface area contributed by atoms with Crippen molar-refractivity contribution in [3.8, 4) is 5.75 Å². The van der Waals surface area contributed by atoms with Crippen LogP contribution >= 0.6 is 15.9 Å². The monoisotopic (exact) mass is 342 g/mol. The molecule has 1 aromatic rings. The van der Waals surface area contributed by atoms with Crippen LogP contribution in [0.4, 0.5) is 0 Å². The highest BCUT2D eigenvalue weighted by Crippen LogP contribution is 2.36. The zero-order valence-corrected chi connectivity index (χ0v) is 13.3. The maximum absolute atomic E-state index is 11.5. The molecule has 3 N–H and O–H groups in total. The molecule has 0 bridgehead atoms. The number of halogens is 1. The third kappa shape index (κ3) is 3.13. The smallest absolute Gasteiger partial charge is 0.310 e. The van der Waals surface area contributed by atoms with Crippen LogP contribution < -0.4 is 15.6 Å². The summed E-state index contributed by atoms with van der Waals surface area (Å²) in [5, 5.41) is 9.42. The zero-order chi connectivity index (χ0) is 14.9. The normalized spacial score (nSPS) is 25.9. The number of carbonyl (C=O) groups is 1. The number of benzene rings is 1. The Morgan fingerprint density at radius 1 is 1.40 bits per heavy atom. The molecule has 1 aliphatic rings. The van der Waals surface area contributed by atoms with Crippen LogP contribution in [0.3, 0.4) is 0 Å². The molecule has 1 heterocycles. The van der Waals surface area contributed by atoms with Crippen molar-refractivity contribution in [2.24, 2.45) is 5.92 Å². The second kappa shape index (κ2) is 6.11. The lowest BCUT2D eigenvalue weighted by Gasteiger charge is -2.21. The summed E-state index contributed by atoms with van der Waals surface area (Å²) >= 11 is 3.43. The molecular weight excluding hydrogens is 324 g/mol. The Bertz CT molecular complexity index is 507. The molecular formula is C14H19BrN2O3. The van der Waals surface area contributed by atoms with Gasteiger partial charge >= 0.3 is 5.97 Å². The number of hydrogen-bond donors (Lipinski definition) is 3. The van der Waals surface area contributed by atoms with E-state index in [2.05, 4.69) is 26.8 Å². The number of aliphatic carboxylic acids is 1. The van der Waals surface area contributed by atoms with Gasteiger partial charge in [-0.2, -0.15) is 0 Å². The lowest BCUT2D eigenvalue weighted by atomic mass is 9.90. The molecule has 20 heavy (non-hydrogen) atoms. The zero-order valence-electron chi connectivity index (χ0n) is 11.7.